The molecule has 0 bridgehead atoms. The molecule has 0 aromatic heterocycles. The second-order valence-corrected chi connectivity index (χ2v) is 3.88. The number of ketones is 1. The van der Waals surface area contributed by atoms with E-state index >= 15 is 0 Å². The van der Waals surface area contributed by atoms with Gasteiger partial charge in [0.15, 0.2) is 5.78 Å². The van der Waals surface area contributed by atoms with Crippen molar-refractivity contribution >= 4 is 5.78 Å². The number of carbonyl (C=O) groups is 1. The molecule has 2 heteroatoms. The van der Waals surface area contributed by atoms with Gasteiger partial charge >= 0.3 is 0 Å². The van der Waals surface area contributed by atoms with Gasteiger partial charge in [0.25, 0.3) is 0 Å². The first-order valence-corrected chi connectivity index (χ1v) is 5.17. The van der Waals surface area contributed by atoms with Crippen LogP contribution in [0.2, 0.25) is 0 Å². The Morgan fingerprint density at radius 1 is 1.38 bits per heavy atom. The predicted molar refractivity (Wildman–Crippen MR) is 54.8 cm³/mol. The SMILES string of the molecule is CCC(OC)C(=O)CCCC(C)C. The second-order valence-electron chi connectivity index (χ2n) is 3.88. The first kappa shape index (κ1) is 12.6. The number of ether oxygens (including phenoxy) is 1. The smallest absolute Gasteiger partial charge is 0.161 e. The van der Waals surface area contributed by atoms with Crippen LogP contribution in [0.5, 0.6) is 0 Å². The van der Waals surface area contributed by atoms with Gasteiger partial charge in [-0.3, -0.25) is 4.79 Å². The maximum absolute atomic E-state index is 11.5. The quantitative estimate of drug-likeness (QED) is 0.611. The van der Waals surface area contributed by atoms with Gasteiger partial charge in [-0.1, -0.05) is 27.2 Å². The van der Waals surface area contributed by atoms with Crippen molar-refractivity contribution in [3.05, 3.63) is 0 Å². The largest absolute Gasteiger partial charge is 0.374 e. The van der Waals surface area contributed by atoms with Crippen molar-refractivity contribution in [2.75, 3.05) is 7.11 Å². The highest BCUT2D eigenvalue weighted by molar-refractivity contribution is 5.82. The summed E-state index contributed by atoms with van der Waals surface area (Å²) < 4.78 is 5.07. The van der Waals surface area contributed by atoms with E-state index in [0.717, 1.165) is 19.3 Å². The van der Waals surface area contributed by atoms with Crippen LogP contribution in [0.25, 0.3) is 0 Å². The van der Waals surface area contributed by atoms with Crippen molar-refractivity contribution in [2.24, 2.45) is 5.92 Å². The van der Waals surface area contributed by atoms with Gasteiger partial charge in [0.1, 0.15) is 6.10 Å². The molecule has 0 aliphatic carbocycles. The summed E-state index contributed by atoms with van der Waals surface area (Å²) in [6.07, 6.45) is 3.41. The molecule has 0 aliphatic rings. The van der Waals surface area contributed by atoms with E-state index in [9.17, 15) is 4.79 Å². The Morgan fingerprint density at radius 3 is 2.38 bits per heavy atom. The number of hydrogen-bond acceptors (Lipinski definition) is 2. The van der Waals surface area contributed by atoms with Crippen molar-refractivity contribution in [3.63, 3.8) is 0 Å². The Morgan fingerprint density at radius 2 is 2.00 bits per heavy atom. The zero-order valence-electron chi connectivity index (χ0n) is 9.30. The normalized spacial score (nSPS) is 13.3. The highest BCUT2D eigenvalue weighted by Crippen LogP contribution is 2.09. The van der Waals surface area contributed by atoms with Crippen molar-refractivity contribution < 1.29 is 9.53 Å². The van der Waals surface area contributed by atoms with Crippen molar-refractivity contribution in [1.29, 1.82) is 0 Å². The molecule has 0 spiro atoms. The maximum atomic E-state index is 11.5. The Kier molecular flexibility index (Phi) is 6.87. The summed E-state index contributed by atoms with van der Waals surface area (Å²) in [4.78, 5) is 11.5. The highest BCUT2D eigenvalue weighted by atomic mass is 16.5. The molecule has 0 saturated heterocycles. The molecule has 0 aliphatic heterocycles. The average Bonchev–Trinajstić information content (AvgIpc) is 2.05. The standard InChI is InChI=1S/C11H22O2/c1-5-11(13-4)10(12)8-6-7-9(2)3/h9,11H,5-8H2,1-4H3. The van der Waals surface area contributed by atoms with Crippen LogP contribution in [0.1, 0.15) is 46.5 Å². The third kappa shape index (κ3) is 5.81. The minimum absolute atomic E-state index is 0.174. The summed E-state index contributed by atoms with van der Waals surface area (Å²) in [6, 6.07) is 0. The average molecular weight is 186 g/mol. The second kappa shape index (κ2) is 7.07. The summed E-state index contributed by atoms with van der Waals surface area (Å²) in [5.41, 5.74) is 0. The zero-order valence-corrected chi connectivity index (χ0v) is 9.30. The minimum atomic E-state index is -0.174. The van der Waals surface area contributed by atoms with Crippen LogP contribution in [0, 0.1) is 5.92 Å². The lowest BCUT2D eigenvalue weighted by Crippen LogP contribution is -2.21. The molecule has 0 saturated carbocycles. The molecular weight excluding hydrogens is 164 g/mol. The fourth-order valence-electron chi connectivity index (χ4n) is 1.37. The molecule has 0 aromatic carbocycles. The molecule has 78 valence electrons. The summed E-state index contributed by atoms with van der Waals surface area (Å²) in [5.74, 6) is 0.945. The topological polar surface area (TPSA) is 26.3 Å². The summed E-state index contributed by atoms with van der Waals surface area (Å²) in [5, 5.41) is 0. The van der Waals surface area contributed by atoms with Gasteiger partial charge in [-0.2, -0.15) is 0 Å². The Labute approximate surface area is 81.7 Å². The lowest BCUT2D eigenvalue weighted by Gasteiger charge is -2.11. The highest BCUT2D eigenvalue weighted by Gasteiger charge is 2.14. The van der Waals surface area contributed by atoms with Crippen LogP contribution < -0.4 is 0 Å². The zero-order chi connectivity index (χ0) is 10.3. The molecule has 1 atom stereocenters. The van der Waals surface area contributed by atoms with Crippen LogP contribution in [0.4, 0.5) is 0 Å². The number of Topliss-reactive ketones (excluding diaryl/α,β-unsaturated/α-hetero) is 1. The summed E-state index contributed by atoms with van der Waals surface area (Å²) in [6.45, 7) is 6.34. The number of carbonyl (C=O) groups excluding carboxylic acids is 1. The number of hydrogen-bond donors (Lipinski definition) is 0. The fourth-order valence-corrected chi connectivity index (χ4v) is 1.37. The molecule has 0 rings (SSSR count). The molecule has 0 N–H and O–H groups in total. The van der Waals surface area contributed by atoms with E-state index in [4.69, 9.17) is 4.74 Å². The van der Waals surface area contributed by atoms with E-state index in [0.29, 0.717) is 12.3 Å². The van der Waals surface area contributed by atoms with E-state index < -0.39 is 0 Å². The minimum Gasteiger partial charge on any atom is -0.374 e. The van der Waals surface area contributed by atoms with Gasteiger partial charge in [0.05, 0.1) is 0 Å². The van der Waals surface area contributed by atoms with Gasteiger partial charge < -0.3 is 4.74 Å². The van der Waals surface area contributed by atoms with Crippen molar-refractivity contribution in [1.82, 2.24) is 0 Å². The molecule has 0 radical (unpaired) electrons. The number of methoxy groups -OCH3 is 1. The molecule has 1 unspecified atom stereocenters. The summed E-state index contributed by atoms with van der Waals surface area (Å²) in [7, 11) is 1.61. The lowest BCUT2D eigenvalue weighted by molar-refractivity contribution is -0.129. The Balaban J connectivity index is 3.60. The van der Waals surface area contributed by atoms with E-state index in [-0.39, 0.29) is 11.9 Å². The van der Waals surface area contributed by atoms with Crippen LogP contribution in [-0.2, 0) is 9.53 Å². The first-order chi connectivity index (χ1) is 6.11. The third-order valence-corrected chi connectivity index (χ3v) is 2.22. The fraction of sp³-hybridized carbons (Fsp3) is 0.909. The Hall–Kier alpha value is -0.370. The van der Waals surface area contributed by atoms with E-state index in [1.54, 1.807) is 7.11 Å². The van der Waals surface area contributed by atoms with Crippen LogP contribution in [-0.4, -0.2) is 19.0 Å². The molecule has 13 heavy (non-hydrogen) atoms. The van der Waals surface area contributed by atoms with Crippen molar-refractivity contribution in [3.8, 4) is 0 Å². The first-order valence-electron chi connectivity index (χ1n) is 5.17. The molecular formula is C11H22O2. The predicted octanol–water partition coefficient (Wildman–Crippen LogP) is 2.81. The molecule has 0 amide bonds. The maximum Gasteiger partial charge on any atom is 0.161 e. The molecule has 0 heterocycles. The van der Waals surface area contributed by atoms with E-state index in [2.05, 4.69) is 13.8 Å². The van der Waals surface area contributed by atoms with Gasteiger partial charge in [0, 0.05) is 13.5 Å². The number of rotatable bonds is 7. The van der Waals surface area contributed by atoms with Crippen LogP contribution >= 0.6 is 0 Å². The lowest BCUT2D eigenvalue weighted by atomic mass is 10.0. The molecule has 0 aromatic rings. The van der Waals surface area contributed by atoms with Gasteiger partial charge in [-0.15, -0.1) is 0 Å². The van der Waals surface area contributed by atoms with Crippen molar-refractivity contribution in [2.45, 2.75) is 52.6 Å². The van der Waals surface area contributed by atoms with Crippen LogP contribution in [0.3, 0.4) is 0 Å². The third-order valence-electron chi connectivity index (χ3n) is 2.22. The summed E-state index contributed by atoms with van der Waals surface area (Å²) >= 11 is 0. The monoisotopic (exact) mass is 186 g/mol. The van der Waals surface area contributed by atoms with Gasteiger partial charge in [-0.05, 0) is 18.8 Å². The van der Waals surface area contributed by atoms with E-state index in [1.165, 1.54) is 0 Å². The van der Waals surface area contributed by atoms with Crippen LogP contribution in [0.15, 0.2) is 0 Å². The molecule has 2 nitrogen and oxygen atoms in total. The van der Waals surface area contributed by atoms with Gasteiger partial charge in [0.2, 0.25) is 0 Å². The Bertz CT molecular complexity index is 137. The molecule has 0 fully saturated rings. The van der Waals surface area contributed by atoms with E-state index in [1.807, 2.05) is 6.92 Å². The van der Waals surface area contributed by atoms with Gasteiger partial charge in [-0.25, -0.2) is 0 Å².